The lowest BCUT2D eigenvalue weighted by atomic mass is 10.2. The minimum absolute atomic E-state index is 0.0652. The molecule has 0 bridgehead atoms. The molecule has 1 heterocycles. The molecule has 0 aliphatic heterocycles. The lowest BCUT2D eigenvalue weighted by molar-refractivity contribution is -0.116. The number of nitrogens with zero attached hydrogens (tertiary/aromatic N) is 2. The van der Waals surface area contributed by atoms with Crippen molar-refractivity contribution in [2.24, 2.45) is 0 Å². The van der Waals surface area contributed by atoms with Crippen molar-refractivity contribution in [2.75, 3.05) is 43.9 Å². The van der Waals surface area contributed by atoms with Crippen molar-refractivity contribution in [2.45, 2.75) is 25.2 Å². The molecule has 2 rings (SSSR count). The van der Waals surface area contributed by atoms with Crippen molar-refractivity contribution in [3.63, 3.8) is 0 Å². The normalized spacial score (nSPS) is 11.4. The van der Waals surface area contributed by atoms with E-state index in [9.17, 15) is 18.0 Å². The molecule has 2 aromatic rings. The average Bonchev–Trinajstić information content (AvgIpc) is 3.23. The molecule has 8 nitrogen and oxygen atoms in total. The van der Waals surface area contributed by atoms with E-state index in [-0.39, 0.29) is 29.7 Å². The fourth-order valence-electron chi connectivity index (χ4n) is 2.88. The van der Waals surface area contributed by atoms with Gasteiger partial charge in [-0.2, -0.15) is 15.6 Å². The predicted molar refractivity (Wildman–Crippen MR) is 121 cm³/mol. The summed E-state index contributed by atoms with van der Waals surface area (Å²) in [6.45, 7) is 4.46. The summed E-state index contributed by atoms with van der Waals surface area (Å²) in [5, 5.41) is 9.02. The fourth-order valence-corrected chi connectivity index (χ4v) is 5.00. The van der Waals surface area contributed by atoms with Gasteiger partial charge < -0.3 is 15.5 Å². The van der Waals surface area contributed by atoms with Crippen molar-refractivity contribution >= 4 is 44.5 Å². The van der Waals surface area contributed by atoms with Crippen LogP contribution in [-0.4, -0.2) is 58.3 Å². The van der Waals surface area contributed by atoms with Gasteiger partial charge >= 0.3 is 0 Å². The van der Waals surface area contributed by atoms with Crippen molar-refractivity contribution in [1.82, 2.24) is 9.62 Å². The molecule has 30 heavy (non-hydrogen) atoms. The number of amides is 2. The van der Waals surface area contributed by atoms with Gasteiger partial charge in [0.1, 0.15) is 0 Å². The van der Waals surface area contributed by atoms with Crippen LogP contribution in [0.2, 0.25) is 0 Å². The third-order valence-electron chi connectivity index (χ3n) is 4.49. The smallest absolute Gasteiger partial charge is 0.252 e. The van der Waals surface area contributed by atoms with Crippen LogP contribution in [0, 0.1) is 0 Å². The first-order chi connectivity index (χ1) is 14.2. The Morgan fingerprint density at radius 1 is 1.10 bits per heavy atom. The predicted octanol–water partition coefficient (Wildman–Crippen LogP) is 2.60. The second-order valence-corrected chi connectivity index (χ2v) is 9.45. The first-order valence-electron chi connectivity index (χ1n) is 9.62. The summed E-state index contributed by atoms with van der Waals surface area (Å²) in [6.07, 6.45) is 0.0652. The molecular formula is C20H28N4O4S2. The highest BCUT2D eigenvalue weighted by atomic mass is 32.2. The van der Waals surface area contributed by atoms with E-state index in [2.05, 4.69) is 10.6 Å². The maximum absolute atomic E-state index is 12.8. The zero-order valence-corrected chi connectivity index (χ0v) is 19.3. The van der Waals surface area contributed by atoms with Crippen molar-refractivity contribution in [1.29, 1.82) is 0 Å². The van der Waals surface area contributed by atoms with E-state index in [0.717, 1.165) is 0 Å². The topological polar surface area (TPSA) is 98.8 Å². The van der Waals surface area contributed by atoms with Gasteiger partial charge in [0.2, 0.25) is 15.9 Å². The van der Waals surface area contributed by atoms with E-state index in [4.69, 9.17) is 0 Å². The van der Waals surface area contributed by atoms with Crippen LogP contribution in [0.4, 0.5) is 11.4 Å². The summed E-state index contributed by atoms with van der Waals surface area (Å²) in [5.74, 6) is -0.550. The summed E-state index contributed by atoms with van der Waals surface area (Å²) >= 11 is 1.42. The molecule has 0 spiro atoms. The van der Waals surface area contributed by atoms with Gasteiger partial charge in [-0.05, 0) is 29.6 Å². The van der Waals surface area contributed by atoms with Gasteiger partial charge in [-0.3, -0.25) is 9.59 Å². The molecule has 1 aromatic heterocycles. The zero-order chi connectivity index (χ0) is 22.3. The Balaban J connectivity index is 2.12. The Bertz CT molecular complexity index is 969. The van der Waals surface area contributed by atoms with Gasteiger partial charge in [-0.1, -0.05) is 13.8 Å². The van der Waals surface area contributed by atoms with E-state index in [0.29, 0.717) is 30.0 Å². The SMILES string of the molecule is CCN(CC)S(=O)(=O)c1ccc(N(C)C)c(NC(=O)CCNC(=O)c2ccsc2)c1. The zero-order valence-electron chi connectivity index (χ0n) is 17.6. The summed E-state index contributed by atoms with van der Waals surface area (Å²) < 4.78 is 27.0. The van der Waals surface area contributed by atoms with Gasteiger partial charge in [-0.25, -0.2) is 8.42 Å². The number of benzene rings is 1. The highest BCUT2D eigenvalue weighted by molar-refractivity contribution is 7.89. The molecule has 0 unspecified atom stereocenters. The van der Waals surface area contributed by atoms with E-state index >= 15 is 0 Å². The first-order valence-corrected chi connectivity index (χ1v) is 12.0. The number of anilines is 2. The minimum Gasteiger partial charge on any atom is -0.376 e. The molecule has 0 aliphatic rings. The highest BCUT2D eigenvalue weighted by Gasteiger charge is 2.23. The lowest BCUT2D eigenvalue weighted by Crippen LogP contribution is -2.31. The molecule has 10 heteroatoms. The van der Waals surface area contributed by atoms with Crippen LogP contribution in [0.15, 0.2) is 39.9 Å². The molecule has 0 saturated heterocycles. The van der Waals surface area contributed by atoms with Gasteiger partial charge in [0.25, 0.3) is 5.91 Å². The van der Waals surface area contributed by atoms with Crippen LogP contribution in [0.5, 0.6) is 0 Å². The maximum atomic E-state index is 12.8. The van der Waals surface area contributed by atoms with Crippen LogP contribution < -0.4 is 15.5 Å². The van der Waals surface area contributed by atoms with Crippen molar-refractivity contribution < 1.29 is 18.0 Å². The molecule has 0 aliphatic carbocycles. The quantitative estimate of drug-likeness (QED) is 0.577. The number of rotatable bonds is 10. The second kappa shape index (κ2) is 10.6. The third-order valence-corrected chi connectivity index (χ3v) is 7.22. The Morgan fingerprint density at radius 2 is 1.80 bits per heavy atom. The third kappa shape index (κ3) is 5.80. The number of carbonyl (C=O) groups is 2. The minimum atomic E-state index is -3.65. The number of hydrogen-bond acceptors (Lipinski definition) is 6. The average molecular weight is 453 g/mol. The Kier molecular flexibility index (Phi) is 8.39. The number of carbonyl (C=O) groups excluding carboxylic acids is 2. The molecule has 2 N–H and O–H groups in total. The maximum Gasteiger partial charge on any atom is 0.252 e. The van der Waals surface area contributed by atoms with Crippen LogP contribution in [0.3, 0.4) is 0 Å². The molecular weight excluding hydrogens is 424 g/mol. The summed E-state index contributed by atoms with van der Waals surface area (Å²) in [6, 6.07) is 6.40. The largest absolute Gasteiger partial charge is 0.376 e. The Labute approximate surface area is 181 Å². The van der Waals surface area contributed by atoms with Gasteiger partial charge in [0, 0.05) is 51.1 Å². The Morgan fingerprint density at radius 3 is 2.37 bits per heavy atom. The van der Waals surface area contributed by atoms with E-state index in [1.807, 2.05) is 19.5 Å². The molecule has 164 valence electrons. The van der Waals surface area contributed by atoms with Crippen LogP contribution in [-0.2, 0) is 14.8 Å². The van der Waals surface area contributed by atoms with Crippen LogP contribution in [0.25, 0.3) is 0 Å². The number of hydrogen-bond donors (Lipinski definition) is 2. The molecule has 0 atom stereocenters. The number of nitrogens with one attached hydrogen (secondary N) is 2. The van der Waals surface area contributed by atoms with Crippen molar-refractivity contribution in [3.05, 3.63) is 40.6 Å². The number of sulfonamides is 1. The van der Waals surface area contributed by atoms with E-state index < -0.39 is 10.0 Å². The van der Waals surface area contributed by atoms with Crippen LogP contribution in [0.1, 0.15) is 30.6 Å². The fraction of sp³-hybridized carbons (Fsp3) is 0.400. The molecule has 0 saturated carbocycles. The van der Waals surface area contributed by atoms with Gasteiger partial charge in [0.15, 0.2) is 0 Å². The highest BCUT2D eigenvalue weighted by Crippen LogP contribution is 2.29. The van der Waals surface area contributed by atoms with E-state index in [1.165, 1.54) is 21.7 Å². The molecule has 0 fully saturated rings. The molecule has 0 radical (unpaired) electrons. The van der Waals surface area contributed by atoms with Gasteiger partial charge in [0.05, 0.1) is 16.3 Å². The van der Waals surface area contributed by atoms with Gasteiger partial charge in [-0.15, -0.1) is 0 Å². The lowest BCUT2D eigenvalue weighted by Gasteiger charge is -2.22. The first kappa shape index (κ1) is 23.8. The van der Waals surface area contributed by atoms with Crippen molar-refractivity contribution in [3.8, 4) is 0 Å². The summed E-state index contributed by atoms with van der Waals surface area (Å²) in [5.41, 5.74) is 1.65. The molecule has 2 amide bonds. The molecule has 1 aromatic carbocycles. The Hall–Kier alpha value is -2.43. The summed E-state index contributed by atoms with van der Waals surface area (Å²) in [7, 11) is -0.0275. The second-order valence-electron chi connectivity index (χ2n) is 6.73. The van der Waals surface area contributed by atoms with E-state index in [1.54, 1.807) is 42.3 Å². The standard InChI is InChI=1S/C20H28N4O4S2/c1-5-24(6-2)30(27,28)16-7-8-18(23(3)4)17(13-16)22-19(25)9-11-21-20(26)15-10-12-29-14-15/h7-8,10,12-14H,5-6,9,11H2,1-4H3,(H,21,26)(H,22,25). The number of thiophene rings is 1. The van der Waals surface area contributed by atoms with Crippen LogP contribution >= 0.6 is 11.3 Å². The monoisotopic (exact) mass is 452 g/mol. The summed E-state index contributed by atoms with van der Waals surface area (Å²) in [4.78, 5) is 26.3.